The Balaban J connectivity index is 1.72. The zero-order chi connectivity index (χ0) is 15.4. The minimum atomic E-state index is -0.270. The maximum absolute atomic E-state index is 12.9. The molecule has 6 heteroatoms. The molecule has 0 amide bonds. The summed E-state index contributed by atoms with van der Waals surface area (Å²) in [6.07, 6.45) is 0. The van der Waals surface area contributed by atoms with Crippen LogP contribution in [0.25, 0.3) is 0 Å². The van der Waals surface area contributed by atoms with Gasteiger partial charge in [0.1, 0.15) is 11.6 Å². The van der Waals surface area contributed by atoms with Crippen LogP contribution in [-0.2, 0) is 0 Å². The summed E-state index contributed by atoms with van der Waals surface area (Å²) in [5.41, 5.74) is 5.62. The van der Waals surface area contributed by atoms with Crippen LogP contribution in [0.5, 0.6) is 5.75 Å². The molecule has 1 heterocycles. The molecule has 0 fully saturated rings. The Labute approximate surface area is 132 Å². The van der Waals surface area contributed by atoms with Gasteiger partial charge in [-0.25, -0.2) is 9.38 Å². The Kier molecular flexibility index (Phi) is 4.39. The summed E-state index contributed by atoms with van der Waals surface area (Å²) in [4.78, 5) is 4.39. The summed E-state index contributed by atoms with van der Waals surface area (Å²) >= 11 is 1.56. The number of aliphatic imine (C=N–C) groups is 1. The molecular formula is C16H14FN3OS. The molecule has 0 unspecified atom stereocenters. The smallest absolute Gasteiger partial charge is 0.182 e. The fraction of sp³-hybridized carbons (Fsp3) is 0.125. The topological polar surface area (TPSA) is 46.0 Å². The van der Waals surface area contributed by atoms with Crippen molar-refractivity contribution in [3.05, 3.63) is 59.9 Å². The van der Waals surface area contributed by atoms with E-state index in [2.05, 4.69) is 15.5 Å². The van der Waals surface area contributed by atoms with Gasteiger partial charge in [0, 0.05) is 5.75 Å². The van der Waals surface area contributed by atoms with E-state index in [1.807, 2.05) is 24.3 Å². The number of hydrazone groups is 1. The number of benzene rings is 2. The van der Waals surface area contributed by atoms with Gasteiger partial charge in [0.2, 0.25) is 0 Å². The van der Waals surface area contributed by atoms with Crippen LogP contribution >= 0.6 is 11.8 Å². The lowest BCUT2D eigenvalue weighted by atomic mass is 10.1. The third kappa shape index (κ3) is 3.46. The van der Waals surface area contributed by atoms with Gasteiger partial charge in [-0.2, -0.15) is 5.10 Å². The maximum atomic E-state index is 12.9. The molecule has 0 saturated heterocycles. The normalized spacial score (nSPS) is 16.1. The predicted octanol–water partition coefficient (Wildman–Crippen LogP) is 3.56. The highest BCUT2D eigenvalue weighted by molar-refractivity contribution is 8.14. The first kappa shape index (κ1) is 14.6. The van der Waals surface area contributed by atoms with Crippen molar-refractivity contribution in [1.29, 1.82) is 0 Å². The third-order valence-electron chi connectivity index (χ3n) is 3.11. The van der Waals surface area contributed by atoms with Crippen molar-refractivity contribution in [1.82, 2.24) is 5.43 Å². The van der Waals surface area contributed by atoms with Crippen LogP contribution in [-0.4, -0.2) is 23.7 Å². The lowest BCUT2D eigenvalue weighted by molar-refractivity contribution is 0.415. The molecule has 22 heavy (non-hydrogen) atoms. The zero-order valence-corrected chi connectivity index (χ0v) is 12.7. The molecule has 4 nitrogen and oxygen atoms in total. The lowest BCUT2D eigenvalue weighted by Crippen LogP contribution is -2.25. The van der Waals surface area contributed by atoms with Gasteiger partial charge in [0.25, 0.3) is 0 Å². The number of hydrogen-bond donors (Lipinski definition) is 1. The fourth-order valence-electron chi connectivity index (χ4n) is 1.94. The molecule has 3 rings (SSSR count). The number of methoxy groups -OCH3 is 1. The number of nitrogens with zero attached hydrogens (tertiary/aromatic N) is 2. The minimum Gasteiger partial charge on any atom is -0.497 e. The number of rotatable bonds is 3. The number of ether oxygens (including phenoxy) is 1. The van der Waals surface area contributed by atoms with Gasteiger partial charge in [-0.1, -0.05) is 11.8 Å². The van der Waals surface area contributed by atoms with Crippen molar-refractivity contribution < 1.29 is 9.13 Å². The Morgan fingerprint density at radius 3 is 2.45 bits per heavy atom. The molecule has 0 bridgehead atoms. The molecule has 0 spiro atoms. The quantitative estimate of drug-likeness (QED) is 0.942. The van der Waals surface area contributed by atoms with E-state index >= 15 is 0 Å². The Morgan fingerprint density at radius 2 is 1.86 bits per heavy atom. The molecule has 0 radical (unpaired) electrons. The van der Waals surface area contributed by atoms with Crippen molar-refractivity contribution in [3.8, 4) is 5.75 Å². The summed E-state index contributed by atoms with van der Waals surface area (Å²) in [5.74, 6) is 1.27. The largest absolute Gasteiger partial charge is 0.497 e. The highest BCUT2D eigenvalue weighted by Crippen LogP contribution is 2.20. The van der Waals surface area contributed by atoms with Crippen LogP contribution < -0.4 is 10.2 Å². The highest BCUT2D eigenvalue weighted by Gasteiger charge is 2.13. The molecular weight excluding hydrogens is 301 g/mol. The Bertz CT molecular complexity index is 711. The molecule has 2 aromatic rings. The summed E-state index contributed by atoms with van der Waals surface area (Å²) in [5, 5.41) is 5.05. The van der Waals surface area contributed by atoms with Gasteiger partial charge in [0.05, 0.1) is 18.5 Å². The van der Waals surface area contributed by atoms with Crippen LogP contribution in [0.1, 0.15) is 5.56 Å². The van der Waals surface area contributed by atoms with Gasteiger partial charge in [0.15, 0.2) is 5.17 Å². The van der Waals surface area contributed by atoms with Gasteiger partial charge in [-0.3, -0.25) is 5.43 Å². The second-order valence-corrected chi connectivity index (χ2v) is 5.54. The molecule has 0 saturated carbocycles. The highest BCUT2D eigenvalue weighted by atomic mass is 32.2. The van der Waals surface area contributed by atoms with Crippen molar-refractivity contribution in [2.24, 2.45) is 10.1 Å². The van der Waals surface area contributed by atoms with E-state index in [1.54, 1.807) is 31.0 Å². The molecule has 1 aliphatic rings. The van der Waals surface area contributed by atoms with E-state index in [4.69, 9.17) is 4.74 Å². The van der Waals surface area contributed by atoms with E-state index in [0.717, 1.165) is 22.8 Å². The molecule has 0 atom stereocenters. The monoisotopic (exact) mass is 315 g/mol. The summed E-state index contributed by atoms with van der Waals surface area (Å²) in [7, 11) is 1.64. The number of hydrogen-bond acceptors (Lipinski definition) is 4. The second-order valence-electron chi connectivity index (χ2n) is 4.58. The zero-order valence-electron chi connectivity index (χ0n) is 11.9. The van der Waals surface area contributed by atoms with Gasteiger partial charge < -0.3 is 4.74 Å². The van der Waals surface area contributed by atoms with Gasteiger partial charge >= 0.3 is 0 Å². The second kappa shape index (κ2) is 6.62. The van der Waals surface area contributed by atoms with E-state index in [9.17, 15) is 4.39 Å². The van der Waals surface area contributed by atoms with Crippen LogP contribution in [0.15, 0.2) is 58.6 Å². The number of halogens is 1. The SMILES string of the molecule is COc1ccc(C2=NNC(=Nc3ccc(F)cc3)SC2)cc1. The number of amidine groups is 1. The van der Waals surface area contributed by atoms with Crippen LogP contribution in [0.2, 0.25) is 0 Å². The molecule has 1 aliphatic heterocycles. The van der Waals surface area contributed by atoms with Gasteiger partial charge in [-0.15, -0.1) is 0 Å². The molecule has 0 aromatic heterocycles. The van der Waals surface area contributed by atoms with E-state index in [1.165, 1.54) is 12.1 Å². The average Bonchev–Trinajstić information content (AvgIpc) is 2.58. The van der Waals surface area contributed by atoms with E-state index in [0.29, 0.717) is 10.9 Å². The predicted molar refractivity (Wildman–Crippen MR) is 88.6 cm³/mol. The lowest BCUT2D eigenvalue weighted by Gasteiger charge is -2.15. The third-order valence-corrected chi connectivity index (χ3v) is 3.99. The van der Waals surface area contributed by atoms with Crippen LogP contribution in [0.4, 0.5) is 10.1 Å². The summed E-state index contributed by atoms with van der Waals surface area (Å²) in [6, 6.07) is 13.8. The molecule has 0 aliphatic carbocycles. The first-order valence-electron chi connectivity index (χ1n) is 6.68. The standard InChI is InChI=1S/C16H14FN3OS/c1-21-14-8-2-11(3-9-14)15-10-22-16(20-19-15)18-13-6-4-12(17)5-7-13/h2-9H,10H2,1H3,(H,18,20). The Morgan fingerprint density at radius 1 is 1.14 bits per heavy atom. The fourth-order valence-corrected chi connectivity index (χ4v) is 2.72. The number of nitrogens with one attached hydrogen (secondary N) is 1. The van der Waals surface area contributed by atoms with Crippen molar-refractivity contribution in [3.63, 3.8) is 0 Å². The van der Waals surface area contributed by atoms with E-state index < -0.39 is 0 Å². The summed E-state index contributed by atoms with van der Waals surface area (Å²) in [6.45, 7) is 0. The maximum Gasteiger partial charge on any atom is 0.182 e. The van der Waals surface area contributed by atoms with Crippen LogP contribution in [0.3, 0.4) is 0 Å². The van der Waals surface area contributed by atoms with Crippen molar-refractivity contribution in [2.75, 3.05) is 12.9 Å². The van der Waals surface area contributed by atoms with E-state index in [-0.39, 0.29) is 5.82 Å². The van der Waals surface area contributed by atoms with Crippen molar-refractivity contribution in [2.45, 2.75) is 0 Å². The van der Waals surface area contributed by atoms with Crippen LogP contribution in [0, 0.1) is 5.82 Å². The summed E-state index contributed by atoms with van der Waals surface area (Å²) < 4.78 is 18.0. The minimum absolute atomic E-state index is 0.270. The average molecular weight is 315 g/mol. The van der Waals surface area contributed by atoms with Crippen molar-refractivity contribution >= 4 is 28.3 Å². The molecule has 1 N–H and O–H groups in total. The molecule has 2 aromatic carbocycles. The number of thioether (sulfide) groups is 1. The Hall–Kier alpha value is -2.34. The first-order valence-corrected chi connectivity index (χ1v) is 7.67. The first-order chi connectivity index (χ1) is 10.7. The molecule has 112 valence electrons. The van der Waals surface area contributed by atoms with Gasteiger partial charge in [-0.05, 0) is 54.1 Å².